The molecule has 0 bridgehead atoms. The van der Waals surface area contributed by atoms with E-state index in [1.165, 1.54) is 32.5 Å². The summed E-state index contributed by atoms with van der Waals surface area (Å²) in [5.74, 6) is -0.597. The summed E-state index contributed by atoms with van der Waals surface area (Å²) < 4.78 is 31.5. The largest absolute Gasteiger partial charge is 0.506 e. The minimum Gasteiger partial charge on any atom is -0.506 e. The van der Waals surface area contributed by atoms with E-state index in [1.807, 2.05) is 6.92 Å². The molecule has 0 radical (unpaired) electrons. The number of allylic oxidation sites excluding steroid dienone is 2. The normalized spacial score (nSPS) is 12.5. The number of hydrogen-bond donors (Lipinski definition) is 2. The Labute approximate surface area is 236 Å². The van der Waals surface area contributed by atoms with Gasteiger partial charge in [-0.1, -0.05) is 6.08 Å². The van der Waals surface area contributed by atoms with Crippen molar-refractivity contribution in [3.8, 4) is 28.9 Å². The van der Waals surface area contributed by atoms with E-state index in [0.717, 1.165) is 30.9 Å². The first kappa shape index (κ1) is 28.6. The van der Waals surface area contributed by atoms with Crippen LogP contribution >= 0.6 is 12.4 Å². The lowest BCUT2D eigenvalue weighted by Gasteiger charge is -2.16. The van der Waals surface area contributed by atoms with Gasteiger partial charge in [0.2, 0.25) is 0 Å². The highest BCUT2D eigenvalue weighted by atomic mass is 35.5. The molecule has 5 rings (SSSR count). The number of aryl methyl sites for hydroxylation is 2. The summed E-state index contributed by atoms with van der Waals surface area (Å²) in [6, 6.07) is 7.25. The third kappa shape index (κ3) is 5.35. The molecule has 4 aromatic rings. The van der Waals surface area contributed by atoms with Gasteiger partial charge in [0.05, 0.1) is 25.4 Å². The van der Waals surface area contributed by atoms with Crippen LogP contribution in [0.3, 0.4) is 0 Å². The standard InChI is InChI=1S/C29H27FN4O5.ClH/c1-15-24(17-7-5-6-8-17)27(35)25(16(2)32-15)28(36)33-18-9-10-21(19(30)13-18)39-22-11-12-31-20-14-23(37-3)29(38-4)34-26(20)22;/h7,9-14H,5-6,8H2,1-4H3,(H,32,35)(H,33,36);1H. The van der Waals surface area contributed by atoms with E-state index in [0.29, 0.717) is 33.7 Å². The van der Waals surface area contributed by atoms with Gasteiger partial charge in [0.25, 0.3) is 11.8 Å². The summed E-state index contributed by atoms with van der Waals surface area (Å²) in [5, 5.41) is 13.7. The molecule has 1 amide bonds. The SMILES string of the molecule is COc1cc2nccc(Oc3ccc(NC(=O)c4c(C)nc(C)c(C5=CCCC5)c4O)cc3F)c2nc1OC.Cl. The van der Waals surface area contributed by atoms with Crippen LogP contribution in [0.15, 0.2) is 42.6 Å². The molecule has 1 aliphatic carbocycles. The lowest BCUT2D eigenvalue weighted by atomic mass is 9.98. The third-order valence-corrected chi connectivity index (χ3v) is 6.55. The summed E-state index contributed by atoms with van der Waals surface area (Å²) in [6.45, 7) is 3.47. The number of halogens is 2. The molecular weight excluding hydrogens is 539 g/mol. The second-order valence-electron chi connectivity index (χ2n) is 9.08. The number of carbonyl (C=O) groups excluding carboxylic acids is 1. The van der Waals surface area contributed by atoms with Gasteiger partial charge in [0.1, 0.15) is 16.8 Å². The summed E-state index contributed by atoms with van der Waals surface area (Å²) in [7, 11) is 2.95. The molecule has 1 aromatic carbocycles. The number of fused-ring (bicyclic) bond motifs is 1. The Kier molecular flexibility index (Phi) is 8.39. The van der Waals surface area contributed by atoms with Crippen molar-refractivity contribution >= 4 is 40.6 Å². The average Bonchev–Trinajstić information content (AvgIpc) is 3.43. The molecule has 9 nitrogen and oxygen atoms in total. The van der Waals surface area contributed by atoms with Crippen LogP contribution in [0.25, 0.3) is 16.6 Å². The zero-order valence-corrected chi connectivity index (χ0v) is 23.2. The van der Waals surface area contributed by atoms with Crippen LogP contribution < -0.4 is 19.5 Å². The molecule has 0 unspecified atom stereocenters. The van der Waals surface area contributed by atoms with Gasteiger partial charge >= 0.3 is 0 Å². The van der Waals surface area contributed by atoms with E-state index in [9.17, 15) is 9.90 Å². The number of nitrogens with one attached hydrogen (secondary N) is 1. The number of benzene rings is 1. The quantitative estimate of drug-likeness (QED) is 0.259. The van der Waals surface area contributed by atoms with E-state index >= 15 is 4.39 Å². The van der Waals surface area contributed by atoms with Crippen LogP contribution in [0.4, 0.5) is 10.1 Å². The van der Waals surface area contributed by atoms with Crippen LogP contribution in [0, 0.1) is 19.7 Å². The molecule has 2 N–H and O–H groups in total. The minimum atomic E-state index is -0.710. The topological polar surface area (TPSA) is 116 Å². The van der Waals surface area contributed by atoms with E-state index in [1.54, 1.807) is 19.1 Å². The molecule has 3 aromatic heterocycles. The van der Waals surface area contributed by atoms with E-state index in [2.05, 4.69) is 26.3 Å². The van der Waals surface area contributed by atoms with Gasteiger partial charge in [-0.05, 0) is 50.8 Å². The van der Waals surface area contributed by atoms with E-state index in [4.69, 9.17) is 14.2 Å². The average molecular weight is 567 g/mol. The molecule has 0 spiro atoms. The van der Waals surface area contributed by atoms with Crippen LogP contribution in [0.2, 0.25) is 0 Å². The number of hydrogen-bond acceptors (Lipinski definition) is 8. The highest BCUT2D eigenvalue weighted by Gasteiger charge is 2.24. The third-order valence-electron chi connectivity index (χ3n) is 6.55. The number of pyridine rings is 3. The first-order valence-electron chi connectivity index (χ1n) is 12.4. The molecule has 0 aliphatic heterocycles. The summed E-state index contributed by atoms with van der Waals surface area (Å²) in [5.41, 5.74) is 3.70. The number of nitrogens with zero attached hydrogens (tertiary/aromatic N) is 3. The Morgan fingerprint density at radius 3 is 2.50 bits per heavy atom. The number of ether oxygens (including phenoxy) is 3. The van der Waals surface area contributed by atoms with Crippen LogP contribution in [-0.4, -0.2) is 40.2 Å². The molecule has 0 saturated heterocycles. The van der Waals surface area contributed by atoms with Crippen molar-refractivity contribution in [2.45, 2.75) is 33.1 Å². The van der Waals surface area contributed by atoms with Crippen LogP contribution in [-0.2, 0) is 0 Å². The molecule has 0 atom stereocenters. The van der Waals surface area contributed by atoms with Crippen molar-refractivity contribution in [1.29, 1.82) is 0 Å². The number of aromatic hydroxyl groups is 1. The number of anilines is 1. The fourth-order valence-electron chi connectivity index (χ4n) is 4.75. The van der Waals surface area contributed by atoms with Gasteiger partial charge in [0.15, 0.2) is 23.1 Å². The Bertz CT molecular complexity index is 1640. The van der Waals surface area contributed by atoms with Gasteiger partial charge in [-0.15, -0.1) is 12.4 Å². The fourth-order valence-corrected chi connectivity index (χ4v) is 4.75. The number of methoxy groups -OCH3 is 2. The molecule has 11 heteroatoms. The smallest absolute Gasteiger partial charge is 0.261 e. The second-order valence-corrected chi connectivity index (χ2v) is 9.08. The highest BCUT2D eigenvalue weighted by molar-refractivity contribution is 6.08. The van der Waals surface area contributed by atoms with E-state index < -0.39 is 11.7 Å². The minimum absolute atomic E-state index is 0. The van der Waals surface area contributed by atoms with Crippen molar-refractivity contribution < 1.29 is 28.5 Å². The Balaban J connectivity index is 0.00000370. The monoisotopic (exact) mass is 566 g/mol. The van der Waals surface area contributed by atoms with Gasteiger partial charge < -0.3 is 24.6 Å². The van der Waals surface area contributed by atoms with Crippen molar-refractivity contribution in [3.63, 3.8) is 0 Å². The van der Waals surface area contributed by atoms with Crippen LogP contribution in [0.1, 0.15) is 46.6 Å². The van der Waals surface area contributed by atoms with Crippen LogP contribution in [0.5, 0.6) is 28.9 Å². The lowest BCUT2D eigenvalue weighted by Crippen LogP contribution is -2.16. The first-order valence-corrected chi connectivity index (χ1v) is 12.4. The summed E-state index contributed by atoms with van der Waals surface area (Å²) in [4.78, 5) is 26.3. The summed E-state index contributed by atoms with van der Waals surface area (Å²) >= 11 is 0. The molecule has 208 valence electrons. The molecular formula is C29H28ClFN4O5. The van der Waals surface area contributed by atoms with Gasteiger partial charge in [0, 0.05) is 41.3 Å². The molecule has 0 fully saturated rings. The molecule has 1 aliphatic rings. The lowest BCUT2D eigenvalue weighted by molar-refractivity contribution is 0.102. The Morgan fingerprint density at radius 2 is 1.82 bits per heavy atom. The number of aromatic nitrogens is 3. The zero-order chi connectivity index (χ0) is 27.7. The predicted octanol–water partition coefficient (Wildman–Crippen LogP) is 6.54. The molecule has 40 heavy (non-hydrogen) atoms. The zero-order valence-electron chi connectivity index (χ0n) is 22.4. The number of rotatable bonds is 7. The van der Waals surface area contributed by atoms with Crippen molar-refractivity contribution in [2.24, 2.45) is 0 Å². The maximum absolute atomic E-state index is 15.1. The van der Waals surface area contributed by atoms with Gasteiger partial charge in [-0.3, -0.25) is 14.8 Å². The number of carbonyl (C=O) groups is 1. The van der Waals surface area contributed by atoms with Crippen molar-refractivity contribution in [1.82, 2.24) is 15.0 Å². The molecule has 3 heterocycles. The summed E-state index contributed by atoms with van der Waals surface area (Å²) in [6.07, 6.45) is 6.30. The highest BCUT2D eigenvalue weighted by Crippen LogP contribution is 2.39. The second kappa shape index (κ2) is 11.7. The van der Waals surface area contributed by atoms with Crippen molar-refractivity contribution in [3.05, 3.63) is 70.9 Å². The van der Waals surface area contributed by atoms with E-state index in [-0.39, 0.29) is 46.8 Å². The van der Waals surface area contributed by atoms with Gasteiger partial charge in [-0.25, -0.2) is 9.37 Å². The first-order chi connectivity index (χ1) is 18.8. The van der Waals surface area contributed by atoms with Crippen molar-refractivity contribution in [2.75, 3.05) is 19.5 Å². The number of amides is 1. The van der Waals surface area contributed by atoms with Gasteiger partial charge in [-0.2, -0.15) is 0 Å². The maximum Gasteiger partial charge on any atom is 0.261 e. The Morgan fingerprint density at radius 1 is 1.02 bits per heavy atom. The fraction of sp³-hybridized carbons (Fsp3) is 0.241. The maximum atomic E-state index is 15.1. The Hall–Kier alpha value is -4.44. The predicted molar refractivity (Wildman–Crippen MR) is 152 cm³/mol. The molecule has 0 saturated carbocycles.